The molecular weight excluding hydrogens is 203 g/mol. The highest BCUT2D eigenvalue weighted by atomic mass is 31.2. The van der Waals surface area contributed by atoms with E-state index < -0.39 is 13.7 Å². The lowest BCUT2D eigenvalue weighted by molar-refractivity contribution is 0.590. The Bertz CT molecular complexity index is 520. The number of rotatable bonds is 2. The molecule has 0 aliphatic carbocycles. The van der Waals surface area contributed by atoms with Crippen molar-refractivity contribution in [3.8, 4) is 0 Å². The van der Waals surface area contributed by atoms with Gasteiger partial charge in [0.25, 0.3) is 0 Å². The van der Waals surface area contributed by atoms with E-state index in [4.69, 9.17) is 4.11 Å². The van der Waals surface area contributed by atoms with Gasteiger partial charge in [0.2, 0.25) is 0 Å². The van der Waals surface area contributed by atoms with Crippen molar-refractivity contribution in [1.82, 2.24) is 0 Å². The summed E-state index contributed by atoms with van der Waals surface area (Å²) < 4.78 is 36.0. The van der Waals surface area contributed by atoms with Crippen LogP contribution in [0, 0.1) is 0 Å². The van der Waals surface area contributed by atoms with Crippen LogP contribution >= 0.6 is 7.14 Å². The van der Waals surface area contributed by atoms with Gasteiger partial charge in [0.15, 0.2) is 0 Å². The molecule has 76 valence electrons. The third kappa shape index (κ3) is 2.03. The minimum Gasteiger partial charge on any atom is -0.314 e. The molecular formula is C13H13OP. The monoisotopic (exact) mass is 219 g/mol. The normalized spacial score (nSPS) is 15.1. The van der Waals surface area contributed by atoms with Crippen molar-refractivity contribution >= 4 is 17.8 Å². The molecule has 2 rings (SSSR count). The average Bonchev–Trinajstić information content (AvgIpc) is 2.38. The van der Waals surface area contributed by atoms with Gasteiger partial charge in [-0.2, -0.15) is 0 Å². The molecule has 2 heteroatoms. The maximum Gasteiger partial charge on any atom is 0.140 e. The highest BCUT2D eigenvalue weighted by Crippen LogP contribution is 2.38. The van der Waals surface area contributed by atoms with Crippen molar-refractivity contribution in [1.29, 1.82) is 0 Å². The molecule has 2 aromatic carbocycles. The molecule has 0 amide bonds. The first kappa shape index (κ1) is 7.03. The lowest BCUT2D eigenvalue weighted by Gasteiger charge is -2.13. The Kier molecular flexibility index (Phi) is 1.89. The van der Waals surface area contributed by atoms with Gasteiger partial charge in [-0.3, -0.25) is 0 Å². The fourth-order valence-corrected chi connectivity index (χ4v) is 2.91. The van der Waals surface area contributed by atoms with Crippen molar-refractivity contribution in [2.45, 2.75) is 0 Å². The maximum absolute atomic E-state index is 13.1. The minimum atomic E-state index is -3.61. The van der Waals surface area contributed by atoms with E-state index in [9.17, 15) is 4.57 Å². The molecule has 0 saturated carbocycles. The summed E-state index contributed by atoms with van der Waals surface area (Å²) in [6.07, 6.45) is 0. The first-order chi connectivity index (χ1) is 8.46. The second-order valence-electron chi connectivity index (χ2n) is 3.28. The Labute approximate surface area is 94.4 Å². The Morgan fingerprint density at radius 2 is 1.27 bits per heavy atom. The number of benzene rings is 2. The summed E-state index contributed by atoms with van der Waals surface area (Å²) in [5, 5.41) is 0.743. The summed E-state index contributed by atoms with van der Waals surface area (Å²) in [5.41, 5.74) is 0. The summed E-state index contributed by atoms with van der Waals surface area (Å²) >= 11 is 0. The quantitative estimate of drug-likeness (QED) is 0.709. The third-order valence-corrected chi connectivity index (χ3v) is 4.29. The molecule has 2 aromatic rings. The van der Waals surface area contributed by atoms with Crippen LogP contribution in [0.1, 0.15) is 4.11 Å². The van der Waals surface area contributed by atoms with Crippen LogP contribution < -0.4 is 10.6 Å². The molecule has 0 unspecified atom stereocenters. The van der Waals surface area contributed by atoms with Crippen LogP contribution in [-0.2, 0) is 4.57 Å². The molecule has 0 bridgehead atoms. The molecule has 1 nitrogen and oxygen atoms in total. The van der Waals surface area contributed by atoms with Gasteiger partial charge in [-0.15, -0.1) is 0 Å². The van der Waals surface area contributed by atoms with E-state index in [1.165, 1.54) is 0 Å². The van der Waals surface area contributed by atoms with E-state index in [0.717, 1.165) is 0 Å². The van der Waals surface area contributed by atoms with Gasteiger partial charge in [0, 0.05) is 14.7 Å². The van der Waals surface area contributed by atoms with E-state index in [2.05, 4.69) is 0 Å². The van der Waals surface area contributed by atoms with E-state index >= 15 is 0 Å². The summed E-state index contributed by atoms with van der Waals surface area (Å²) in [6.45, 7) is -2.53. The molecule has 0 aliphatic rings. The zero-order valence-corrected chi connectivity index (χ0v) is 9.02. The Morgan fingerprint density at radius 1 is 0.867 bits per heavy atom. The molecule has 0 fully saturated rings. The molecule has 0 heterocycles. The molecule has 0 atom stereocenters. The van der Waals surface area contributed by atoms with E-state index in [0.29, 0.717) is 10.6 Å². The van der Waals surface area contributed by atoms with Crippen LogP contribution in [0.3, 0.4) is 0 Å². The standard InChI is InChI=1S/C13H13OP/c1-15(14,12-8-4-2-5-9-12)13-10-6-3-7-11-13/h2-11H,1H3/i1D3. The average molecular weight is 219 g/mol. The molecule has 0 saturated heterocycles. The van der Waals surface area contributed by atoms with E-state index in [1.54, 1.807) is 60.7 Å². The highest BCUT2D eigenvalue weighted by molar-refractivity contribution is 7.78. The fraction of sp³-hybridized carbons (Fsp3) is 0.0769. The SMILES string of the molecule is [2H]C([2H])([2H])P(=O)(c1ccccc1)c1ccccc1. The maximum atomic E-state index is 13.1. The predicted octanol–water partition coefficient (Wildman–Crippen LogP) is 2.63. The zero-order chi connectivity index (χ0) is 13.2. The molecule has 15 heavy (non-hydrogen) atoms. The second kappa shape index (κ2) is 4.04. The van der Waals surface area contributed by atoms with Gasteiger partial charge < -0.3 is 4.57 Å². The van der Waals surface area contributed by atoms with Crippen LogP contribution in [0.5, 0.6) is 0 Å². The molecule has 0 N–H and O–H groups in total. The van der Waals surface area contributed by atoms with Gasteiger partial charge in [-0.05, 0) is 6.59 Å². The van der Waals surface area contributed by atoms with E-state index in [1.807, 2.05) is 0 Å². The van der Waals surface area contributed by atoms with Crippen molar-refractivity contribution in [2.75, 3.05) is 6.59 Å². The van der Waals surface area contributed by atoms with Crippen molar-refractivity contribution < 1.29 is 8.68 Å². The predicted molar refractivity (Wildman–Crippen MR) is 65.7 cm³/mol. The third-order valence-electron chi connectivity index (χ3n) is 2.24. The van der Waals surface area contributed by atoms with Crippen LogP contribution in [-0.4, -0.2) is 6.59 Å². The second-order valence-corrected chi connectivity index (χ2v) is 5.53. The van der Waals surface area contributed by atoms with Crippen LogP contribution in [0.15, 0.2) is 60.7 Å². The Hall–Kier alpha value is -1.33. The Balaban J connectivity index is 2.68. The fourth-order valence-electron chi connectivity index (χ4n) is 1.42. The molecule has 0 aromatic heterocycles. The largest absolute Gasteiger partial charge is 0.314 e. The van der Waals surface area contributed by atoms with Crippen molar-refractivity contribution in [3.63, 3.8) is 0 Å². The van der Waals surface area contributed by atoms with Crippen LogP contribution in [0.2, 0.25) is 0 Å². The van der Waals surface area contributed by atoms with Crippen LogP contribution in [0.4, 0.5) is 0 Å². The number of hydrogen-bond acceptors (Lipinski definition) is 1. The summed E-state index contributed by atoms with van der Waals surface area (Å²) in [7, 11) is -3.61. The molecule has 0 radical (unpaired) electrons. The Morgan fingerprint density at radius 3 is 1.60 bits per heavy atom. The van der Waals surface area contributed by atoms with Crippen molar-refractivity contribution in [3.05, 3.63) is 60.7 Å². The van der Waals surface area contributed by atoms with Crippen LogP contribution in [0.25, 0.3) is 0 Å². The first-order valence-electron chi connectivity index (χ1n) is 6.17. The summed E-state index contributed by atoms with van der Waals surface area (Å²) in [6, 6.07) is 16.8. The van der Waals surface area contributed by atoms with Gasteiger partial charge in [0.05, 0.1) is 0 Å². The first-order valence-corrected chi connectivity index (χ1v) is 6.38. The number of hydrogen-bond donors (Lipinski definition) is 0. The lowest BCUT2D eigenvalue weighted by atomic mass is 10.4. The summed E-state index contributed by atoms with van der Waals surface area (Å²) in [4.78, 5) is 0. The van der Waals surface area contributed by atoms with Gasteiger partial charge >= 0.3 is 0 Å². The lowest BCUT2D eigenvalue weighted by Crippen LogP contribution is -2.14. The molecule has 0 aliphatic heterocycles. The zero-order valence-electron chi connectivity index (χ0n) is 11.1. The van der Waals surface area contributed by atoms with Gasteiger partial charge in [-0.25, -0.2) is 0 Å². The topological polar surface area (TPSA) is 17.1 Å². The molecule has 0 spiro atoms. The van der Waals surface area contributed by atoms with Gasteiger partial charge in [-0.1, -0.05) is 60.7 Å². The smallest absolute Gasteiger partial charge is 0.140 e. The highest BCUT2D eigenvalue weighted by Gasteiger charge is 2.19. The summed E-state index contributed by atoms with van der Waals surface area (Å²) in [5.74, 6) is 0. The van der Waals surface area contributed by atoms with E-state index in [-0.39, 0.29) is 0 Å². The van der Waals surface area contributed by atoms with Gasteiger partial charge in [0.1, 0.15) is 7.14 Å². The van der Waals surface area contributed by atoms with Crippen molar-refractivity contribution in [2.24, 2.45) is 0 Å². The minimum absolute atomic E-state index is 0.371.